The molecular weight excluding hydrogens is 459 g/mol. The lowest BCUT2D eigenvalue weighted by atomic mass is 10.1. The molecular formula is C18H14F3N3O7S. The molecule has 0 spiro atoms. The number of ether oxygens (including phenoxy) is 2. The number of hydrogen-bond acceptors (Lipinski definition) is 7. The van der Waals surface area contributed by atoms with Gasteiger partial charge < -0.3 is 14.8 Å². The predicted octanol–water partition coefficient (Wildman–Crippen LogP) is 2.82. The van der Waals surface area contributed by atoms with Gasteiger partial charge in [0.05, 0.1) is 21.4 Å². The second-order valence-corrected chi connectivity index (χ2v) is 8.08. The van der Waals surface area contributed by atoms with Gasteiger partial charge in [-0.15, -0.1) is 0 Å². The summed E-state index contributed by atoms with van der Waals surface area (Å²) in [6.45, 7) is -1.80. The SMILES string of the molecule is O=C(/C=C/c1cc2c(cc1[N+](=O)[O-])OCO2)Nc1ccc(S(=O)(=O)NCC(F)(F)F)cc1. The second kappa shape index (κ2) is 8.84. The van der Waals surface area contributed by atoms with Crippen LogP contribution in [0.5, 0.6) is 11.5 Å². The lowest BCUT2D eigenvalue weighted by Crippen LogP contribution is -2.33. The van der Waals surface area contributed by atoms with E-state index >= 15 is 0 Å². The van der Waals surface area contributed by atoms with Gasteiger partial charge in [-0.05, 0) is 36.4 Å². The monoisotopic (exact) mass is 473 g/mol. The molecule has 1 aliphatic rings. The number of benzene rings is 2. The number of rotatable bonds is 7. The summed E-state index contributed by atoms with van der Waals surface area (Å²) in [7, 11) is -4.39. The molecule has 0 aromatic heterocycles. The van der Waals surface area contributed by atoms with Crippen molar-refractivity contribution in [3.63, 3.8) is 0 Å². The molecule has 10 nitrogen and oxygen atoms in total. The zero-order valence-corrected chi connectivity index (χ0v) is 16.7. The number of fused-ring (bicyclic) bond motifs is 1. The van der Waals surface area contributed by atoms with E-state index in [4.69, 9.17) is 9.47 Å². The van der Waals surface area contributed by atoms with E-state index in [0.717, 1.165) is 18.2 Å². The molecule has 32 heavy (non-hydrogen) atoms. The second-order valence-electron chi connectivity index (χ2n) is 6.31. The molecule has 14 heteroatoms. The number of carbonyl (C=O) groups is 1. The minimum absolute atomic E-state index is 0.0857. The number of nitro groups is 1. The summed E-state index contributed by atoms with van der Waals surface area (Å²) >= 11 is 0. The van der Waals surface area contributed by atoms with Crippen molar-refractivity contribution in [2.75, 3.05) is 18.7 Å². The zero-order valence-electron chi connectivity index (χ0n) is 15.9. The summed E-state index contributed by atoms with van der Waals surface area (Å²) in [4.78, 5) is 22.3. The van der Waals surface area contributed by atoms with Crippen molar-refractivity contribution in [1.29, 1.82) is 0 Å². The van der Waals surface area contributed by atoms with Crippen molar-refractivity contribution >= 4 is 33.4 Å². The normalized spacial score (nSPS) is 13.3. The van der Waals surface area contributed by atoms with Crippen LogP contribution >= 0.6 is 0 Å². The number of amides is 1. The number of sulfonamides is 1. The standard InChI is InChI=1S/C18H14F3N3O7S/c19-18(20,21)9-22-32(28,29)13-4-2-12(3-5-13)23-17(25)6-1-11-7-15-16(31-10-30-15)8-14(11)24(26)27/h1-8,22H,9-10H2,(H,23,25)/b6-1+. The Hall–Kier alpha value is -3.65. The fourth-order valence-electron chi connectivity index (χ4n) is 2.57. The Balaban J connectivity index is 1.68. The molecule has 0 radical (unpaired) electrons. The number of nitrogens with one attached hydrogen (secondary N) is 2. The molecule has 2 aromatic rings. The van der Waals surface area contributed by atoms with Gasteiger partial charge in [0.15, 0.2) is 11.5 Å². The number of hydrogen-bond donors (Lipinski definition) is 2. The first-order chi connectivity index (χ1) is 14.9. The van der Waals surface area contributed by atoms with Gasteiger partial charge in [0.2, 0.25) is 22.7 Å². The Morgan fingerprint density at radius 1 is 1.16 bits per heavy atom. The molecule has 170 valence electrons. The fraction of sp³-hybridized carbons (Fsp3) is 0.167. The quantitative estimate of drug-likeness (QED) is 0.358. The van der Waals surface area contributed by atoms with Crippen molar-refractivity contribution < 1.29 is 40.8 Å². The van der Waals surface area contributed by atoms with E-state index in [9.17, 15) is 36.5 Å². The maximum absolute atomic E-state index is 12.2. The number of anilines is 1. The van der Waals surface area contributed by atoms with E-state index in [0.29, 0.717) is 0 Å². The summed E-state index contributed by atoms with van der Waals surface area (Å²) in [6, 6.07) is 6.90. The first-order valence-electron chi connectivity index (χ1n) is 8.68. The molecule has 2 N–H and O–H groups in total. The van der Waals surface area contributed by atoms with E-state index in [1.807, 2.05) is 0 Å². The topological polar surface area (TPSA) is 137 Å². The summed E-state index contributed by atoms with van der Waals surface area (Å²) in [6.07, 6.45) is -2.50. The number of nitro benzene ring substituents is 1. The highest BCUT2D eigenvalue weighted by molar-refractivity contribution is 7.89. The zero-order chi connectivity index (χ0) is 23.5. The predicted molar refractivity (Wildman–Crippen MR) is 105 cm³/mol. The van der Waals surface area contributed by atoms with Gasteiger partial charge in [-0.3, -0.25) is 14.9 Å². The fourth-order valence-corrected chi connectivity index (χ4v) is 3.58. The molecule has 0 saturated carbocycles. The average Bonchev–Trinajstić information content (AvgIpc) is 3.17. The maximum Gasteiger partial charge on any atom is 0.402 e. The molecule has 1 amide bonds. The van der Waals surface area contributed by atoms with Crippen LogP contribution in [0.2, 0.25) is 0 Å². The highest BCUT2D eigenvalue weighted by Gasteiger charge is 2.30. The van der Waals surface area contributed by atoms with E-state index in [2.05, 4.69) is 5.32 Å². The molecule has 0 saturated heterocycles. The Kier molecular flexibility index (Phi) is 6.36. The van der Waals surface area contributed by atoms with E-state index in [1.54, 1.807) is 0 Å². The first kappa shape index (κ1) is 23.0. The number of alkyl halides is 3. The van der Waals surface area contributed by atoms with Gasteiger partial charge in [-0.25, -0.2) is 13.1 Å². The third-order valence-electron chi connectivity index (χ3n) is 4.03. The lowest BCUT2D eigenvalue weighted by molar-refractivity contribution is -0.385. The molecule has 0 aliphatic carbocycles. The van der Waals surface area contributed by atoms with Gasteiger partial charge in [-0.2, -0.15) is 13.2 Å². The van der Waals surface area contributed by atoms with Crippen LogP contribution in [0.4, 0.5) is 24.5 Å². The highest BCUT2D eigenvalue weighted by atomic mass is 32.2. The molecule has 0 fully saturated rings. The molecule has 1 heterocycles. The van der Waals surface area contributed by atoms with Crippen LogP contribution in [-0.4, -0.2) is 38.8 Å². The molecule has 0 bridgehead atoms. The molecule has 2 aromatic carbocycles. The smallest absolute Gasteiger partial charge is 0.402 e. The summed E-state index contributed by atoms with van der Waals surface area (Å²) in [5, 5.41) is 13.6. The Labute approximate surface area is 178 Å². The number of halogens is 3. The number of carbonyl (C=O) groups excluding carboxylic acids is 1. The maximum atomic E-state index is 12.2. The van der Waals surface area contributed by atoms with Crippen LogP contribution in [0.3, 0.4) is 0 Å². The summed E-state index contributed by atoms with van der Waals surface area (Å²) < 4.78 is 72.0. The van der Waals surface area contributed by atoms with E-state index < -0.39 is 38.5 Å². The van der Waals surface area contributed by atoms with Crippen molar-refractivity contribution in [1.82, 2.24) is 4.72 Å². The van der Waals surface area contributed by atoms with Crippen LogP contribution < -0.4 is 19.5 Å². The van der Waals surface area contributed by atoms with Crippen LogP contribution in [0, 0.1) is 10.1 Å². The van der Waals surface area contributed by atoms with Crippen LogP contribution in [0.1, 0.15) is 5.56 Å². The van der Waals surface area contributed by atoms with Crippen LogP contribution in [0.25, 0.3) is 6.08 Å². The third-order valence-corrected chi connectivity index (χ3v) is 5.44. The lowest BCUT2D eigenvalue weighted by Gasteiger charge is -2.10. The van der Waals surface area contributed by atoms with Crippen LogP contribution in [-0.2, 0) is 14.8 Å². The average molecular weight is 473 g/mol. The Morgan fingerprint density at radius 3 is 2.38 bits per heavy atom. The summed E-state index contributed by atoms with van der Waals surface area (Å²) in [5.41, 5.74) is -0.0691. The van der Waals surface area contributed by atoms with Crippen LogP contribution in [0.15, 0.2) is 47.4 Å². The Morgan fingerprint density at radius 2 is 1.78 bits per heavy atom. The van der Waals surface area contributed by atoms with Crippen molar-refractivity contribution in [3.05, 3.63) is 58.2 Å². The van der Waals surface area contributed by atoms with Gasteiger partial charge in [0, 0.05) is 11.8 Å². The van der Waals surface area contributed by atoms with Crippen molar-refractivity contribution in [3.8, 4) is 11.5 Å². The first-order valence-corrected chi connectivity index (χ1v) is 10.2. The molecule has 1 aliphatic heterocycles. The van der Waals surface area contributed by atoms with Gasteiger partial charge in [0.1, 0.15) is 6.54 Å². The Bertz CT molecular complexity index is 1180. The number of nitrogens with zero attached hydrogens (tertiary/aromatic N) is 1. The van der Waals surface area contributed by atoms with Gasteiger partial charge >= 0.3 is 6.18 Å². The molecule has 0 unspecified atom stereocenters. The van der Waals surface area contributed by atoms with Gasteiger partial charge in [-0.1, -0.05) is 0 Å². The molecule has 0 atom stereocenters. The third kappa shape index (κ3) is 5.73. The highest BCUT2D eigenvalue weighted by Crippen LogP contribution is 2.38. The minimum Gasteiger partial charge on any atom is -0.454 e. The van der Waals surface area contributed by atoms with E-state index in [1.165, 1.54) is 35.1 Å². The summed E-state index contributed by atoms with van der Waals surface area (Å²) in [5.74, 6) is -0.201. The largest absolute Gasteiger partial charge is 0.454 e. The van der Waals surface area contributed by atoms with Crippen molar-refractivity contribution in [2.45, 2.75) is 11.1 Å². The van der Waals surface area contributed by atoms with Gasteiger partial charge in [0.25, 0.3) is 5.69 Å². The van der Waals surface area contributed by atoms with Crippen molar-refractivity contribution in [2.24, 2.45) is 0 Å². The van der Waals surface area contributed by atoms with E-state index in [-0.39, 0.29) is 35.2 Å². The molecule has 3 rings (SSSR count). The minimum atomic E-state index is -4.71.